The van der Waals surface area contributed by atoms with Gasteiger partial charge in [-0.3, -0.25) is 9.51 Å². The van der Waals surface area contributed by atoms with Crippen LogP contribution >= 0.6 is 0 Å². The van der Waals surface area contributed by atoms with Crippen molar-refractivity contribution in [3.8, 4) is 28.3 Å². The molecule has 5 aromatic carbocycles. The number of aromatic amines is 1. The lowest BCUT2D eigenvalue weighted by atomic mass is 9.91. The van der Waals surface area contributed by atoms with Crippen molar-refractivity contribution in [1.29, 1.82) is 0 Å². The van der Waals surface area contributed by atoms with Crippen LogP contribution in [0.3, 0.4) is 0 Å². The van der Waals surface area contributed by atoms with E-state index in [0.29, 0.717) is 29.3 Å². The first kappa shape index (κ1) is 35.7. The van der Waals surface area contributed by atoms with E-state index in [-0.39, 0.29) is 11.9 Å². The molecule has 10 heteroatoms. The van der Waals surface area contributed by atoms with Crippen LogP contribution in [0.2, 0.25) is 0 Å². The third kappa shape index (κ3) is 9.33. The maximum atomic E-state index is 13.0. The van der Waals surface area contributed by atoms with Gasteiger partial charge in [0.1, 0.15) is 12.4 Å². The number of aryl methyl sites for hydroxylation is 1. The quantitative estimate of drug-likeness (QED) is 0.120. The lowest BCUT2D eigenvalue weighted by Crippen LogP contribution is -2.05. The molecule has 52 heavy (non-hydrogen) atoms. The lowest BCUT2D eigenvalue weighted by molar-refractivity contribution is -0.137. The number of esters is 1. The molecule has 0 saturated heterocycles. The summed E-state index contributed by atoms with van der Waals surface area (Å²) in [5.41, 5.74) is 6.13. The second-order valence-electron chi connectivity index (χ2n) is 12.3. The minimum Gasteiger partial charge on any atom is -0.488 e. The first-order valence-electron chi connectivity index (χ1n) is 16.6. The number of benzene rings is 5. The SMILES string of the molecule is COC(=O)c1ccc(CC(/C=C/c2ccccc2OCc2ccc(-c3ccc(C(F)(F)F)cc3)cc2)CCc2ccc(-c3noc(=O)[nH]3)cc2)cc1. The minimum absolute atomic E-state index is 0.140. The highest BCUT2D eigenvalue weighted by atomic mass is 19.4. The van der Waals surface area contributed by atoms with Crippen LogP contribution in [0, 0.1) is 5.92 Å². The van der Waals surface area contributed by atoms with Gasteiger partial charge in [-0.25, -0.2) is 9.59 Å². The zero-order valence-electron chi connectivity index (χ0n) is 28.2. The van der Waals surface area contributed by atoms with Crippen LogP contribution in [0.4, 0.5) is 13.2 Å². The molecular weight excluding hydrogens is 669 g/mol. The van der Waals surface area contributed by atoms with Gasteiger partial charge in [0.25, 0.3) is 0 Å². The van der Waals surface area contributed by atoms with Crippen LogP contribution in [0.25, 0.3) is 28.6 Å². The number of rotatable bonds is 13. The molecule has 0 fully saturated rings. The third-order valence-corrected chi connectivity index (χ3v) is 8.71. The molecule has 1 N–H and O–H groups in total. The first-order valence-corrected chi connectivity index (χ1v) is 16.6. The van der Waals surface area contributed by atoms with E-state index in [2.05, 4.69) is 26.8 Å². The van der Waals surface area contributed by atoms with Crippen LogP contribution < -0.4 is 10.5 Å². The van der Waals surface area contributed by atoms with E-state index >= 15 is 0 Å². The van der Waals surface area contributed by atoms with Crippen molar-refractivity contribution in [1.82, 2.24) is 10.1 Å². The number of H-pyrrole nitrogens is 1. The minimum atomic E-state index is -4.37. The monoisotopic (exact) mass is 704 g/mol. The number of aromatic nitrogens is 2. The summed E-state index contributed by atoms with van der Waals surface area (Å²) in [5.74, 6) is 0.250. The van der Waals surface area contributed by atoms with Crippen LogP contribution in [0.1, 0.15) is 44.6 Å². The van der Waals surface area contributed by atoms with E-state index in [1.54, 1.807) is 12.1 Å². The average Bonchev–Trinajstić information content (AvgIpc) is 3.61. The molecule has 7 nitrogen and oxygen atoms in total. The third-order valence-electron chi connectivity index (χ3n) is 8.71. The molecule has 0 bridgehead atoms. The molecule has 0 aliphatic heterocycles. The lowest BCUT2D eigenvalue weighted by Gasteiger charge is -2.15. The molecule has 1 heterocycles. The van der Waals surface area contributed by atoms with E-state index < -0.39 is 17.5 Å². The van der Waals surface area contributed by atoms with Gasteiger partial charge in [-0.2, -0.15) is 13.2 Å². The number of para-hydroxylation sites is 1. The number of carbonyl (C=O) groups excluding carboxylic acids is 1. The molecule has 0 aliphatic rings. The van der Waals surface area contributed by atoms with Crippen molar-refractivity contribution in [2.24, 2.45) is 5.92 Å². The molecule has 0 radical (unpaired) electrons. The van der Waals surface area contributed by atoms with Crippen LogP contribution in [-0.2, 0) is 30.4 Å². The first-order chi connectivity index (χ1) is 25.1. The zero-order valence-corrected chi connectivity index (χ0v) is 28.2. The van der Waals surface area contributed by atoms with Crippen LogP contribution in [0.15, 0.2) is 137 Å². The van der Waals surface area contributed by atoms with Gasteiger partial charge < -0.3 is 9.47 Å². The summed E-state index contributed by atoms with van der Waals surface area (Å²) < 4.78 is 54.6. The maximum absolute atomic E-state index is 13.0. The highest BCUT2D eigenvalue weighted by molar-refractivity contribution is 5.89. The molecule has 0 spiro atoms. The highest BCUT2D eigenvalue weighted by Crippen LogP contribution is 2.31. The number of carbonyl (C=O) groups is 1. The van der Waals surface area contributed by atoms with E-state index in [9.17, 15) is 22.8 Å². The summed E-state index contributed by atoms with van der Waals surface area (Å²) in [5, 5.41) is 3.75. The van der Waals surface area contributed by atoms with E-state index in [1.807, 2.05) is 84.9 Å². The van der Waals surface area contributed by atoms with Crippen molar-refractivity contribution in [2.45, 2.75) is 32.0 Å². The number of hydrogen-bond acceptors (Lipinski definition) is 6. The van der Waals surface area contributed by atoms with Crippen LogP contribution in [0.5, 0.6) is 5.75 Å². The molecule has 264 valence electrons. The van der Waals surface area contributed by atoms with Crippen molar-refractivity contribution in [3.63, 3.8) is 0 Å². The fraction of sp³-hybridized carbons (Fsp3) is 0.167. The summed E-state index contributed by atoms with van der Waals surface area (Å²) in [6.45, 7) is 0.312. The number of methoxy groups -OCH3 is 1. The predicted octanol–water partition coefficient (Wildman–Crippen LogP) is 9.59. The van der Waals surface area contributed by atoms with E-state index in [0.717, 1.165) is 64.8 Å². The molecule has 0 aliphatic carbocycles. The number of halogens is 3. The summed E-state index contributed by atoms with van der Waals surface area (Å²) in [6.07, 6.45) is 2.26. The average molecular weight is 705 g/mol. The molecule has 0 amide bonds. The Hall–Kier alpha value is -6.16. The maximum Gasteiger partial charge on any atom is 0.439 e. The summed E-state index contributed by atoms with van der Waals surface area (Å²) >= 11 is 0. The Morgan fingerprint density at radius 3 is 2.06 bits per heavy atom. The fourth-order valence-corrected chi connectivity index (χ4v) is 5.80. The second-order valence-corrected chi connectivity index (χ2v) is 12.3. The van der Waals surface area contributed by atoms with Gasteiger partial charge in [0.2, 0.25) is 0 Å². The molecular formula is C42H35F3N2O5. The van der Waals surface area contributed by atoms with Gasteiger partial charge in [-0.05, 0) is 83.3 Å². The number of allylic oxidation sites excluding steroid dienone is 1. The van der Waals surface area contributed by atoms with Gasteiger partial charge in [0, 0.05) is 11.1 Å². The van der Waals surface area contributed by atoms with Crippen molar-refractivity contribution >= 4 is 12.0 Å². The Kier molecular flexibility index (Phi) is 11.1. The van der Waals surface area contributed by atoms with Crippen LogP contribution in [-0.4, -0.2) is 23.2 Å². The summed E-state index contributed by atoms with van der Waals surface area (Å²) in [4.78, 5) is 25.9. The molecule has 6 aromatic rings. The molecule has 1 aromatic heterocycles. The Morgan fingerprint density at radius 2 is 1.42 bits per heavy atom. The number of hydrogen-bond donors (Lipinski definition) is 1. The predicted molar refractivity (Wildman–Crippen MR) is 193 cm³/mol. The number of alkyl halides is 3. The molecule has 6 rings (SSSR count). The Bertz CT molecular complexity index is 2170. The highest BCUT2D eigenvalue weighted by Gasteiger charge is 2.30. The zero-order chi connectivity index (χ0) is 36.5. The van der Waals surface area contributed by atoms with Gasteiger partial charge in [0.05, 0.1) is 18.2 Å². The molecule has 0 saturated carbocycles. The Morgan fingerprint density at radius 1 is 0.808 bits per heavy atom. The topological polar surface area (TPSA) is 94.4 Å². The molecule has 1 atom stereocenters. The smallest absolute Gasteiger partial charge is 0.439 e. The van der Waals surface area contributed by atoms with Gasteiger partial charge in [-0.15, -0.1) is 0 Å². The molecule has 1 unspecified atom stereocenters. The normalized spacial score (nSPS) is 12.2. The van der Waals surface area contributed by atoms with Crippen molar-refractivity contribution < 1.29 is 32.0 Å². The van der Waals surface area contributed by atoms with Crippen molar-refractivity contribution in [2.75, 3.05) is 7.11 Å². The number of ether oxygens (including phenoxy) is 2. The van der Waals surface area contributed by atoms with Gasteiger partial charge in [0.15, 0.2) is 5.82 Å². The number of nitrogens with zero attached hydrogens (tertiary/aromatic N) is 1. The van der Waals surface area contributed by atoms with Crippen molar-refractivity contribution in [3.05, 3.63) is 171 Å². The Balaban J connectivity index is 1.14. The second kappa shape index (κ2) is 16.2. The summed E-state index contributed by atoms with van der Waals surface area (Å²) in [6, 6.07) is 35.7. The van der Waals surface area contributed by atoms with E-state index in [4.69, 9.17) is 9.47 Å². The largest absolute Gasteiger partial charge is 0.488 e. The van der Waals surface area contributed by atoms with Gasteiger partial charge in [-0.1, -0.05) is 108 Å². The number of nitrogens with one attached hydrogen (secondary N) is 1. The fourth-order valence-electron chi connectivity index (χ4n) is 5.80. The van der Waals surface area contributed by atoms with E-state index in [1.165, 1.54) is 19.2 Å². The summed E-state index contributed by atoms with van der Waals surface area (Å²) in [7, 11) is 1.36. The Labute approximate surface area is 298 Å². The van der Waals surface area contributed by atoms with Gasteiger partial charge >= 0.3 is 17.9 Å². The standard InChI is InChI=1S/C42H35F3N2O5/c1-50-40(48)36-20-11-30(12-21-36)26-29(7-6-28-8-18-35(19-9-28)39-46-41(49)52-47-39)10-17-34-4-2-3-5-38(34)51-27-31-13-15-32(16-14-31)33-22-24-37(25-23-33)42(43,44)45/h2-5,8-25,29H,6-7,26-27H2,1H3,(H,46,47,49)/b17-10+.